The van der Waals surface area contributed by atoms with E-state index in [0.717, 1.165) is 4.90 Å². The molecule has 0 heterocycles. The number of hydrogen-bond donors (Lipinski definition) is 2. The Morgan fingerprint density at radius 2 is 1.89 bits per heavy atom. The van der Waals surface area contributed by atoms with Crippen molar-refractivity contribution in [3.8, 4) is 0 Å². The monoisotopic (exact) mass is 261 g/mol. The van der Waals surface area contributed by atoms with Crippen molar-refractivity contribution in [1.82, 2.24) is 9.80 Å². The fourth-order valence-corrected chi connectivity index (χ4v) is 1.31. The molecule has 1 atom stereocenters. The standard InChI is InChI=1S/C10H19N3O5/c1-7(6-18-3)12(2)10(17)13(4-8(11)14)5-9(15)16/h7H,4-6H2,1-3H3,(H2,11,14)(H,15,16). The summed E-state index contributed by atoms with van der Waals surface area (Å²) >= 11 is 0. The quantitative estimate of drug-likeness (QED) is 0.606. The molecule has 0 aromatic heterocycles. The Bertz CT molecular complexity index is 305. The number of carboxylic acid groups (broad SMARTS) is 1. The summed E-state index contributed by atoms with van der Waals surface area (Å²) in [6, 6.07) is -0.826. The van der Waals surface area contributed by atoms with E-state index in [1.165, 1.54) is 19.1 Å². The first-order valence-electron chi connectivity index (χ1n) is 5.30. The molecule has 8 nitrogen and oxygen atoms in total. The Morgan fingerprint density at radius 1 is 1.33 bits per heavy atom. The highest BCUT2D eigenvalue weighted by Crippen LogP contribution is 2.03. The van der Waals surface area contributed by atoms with Crippen LogP contribution in [0.3, 0.4) is 0 Å². The van der Waals surface area contributed by atoms with E-state index in [1.54, 1.807) is 6.92 Å². The average Bonchev–Trinajstić information content (AvgIpc) is 2.25. The van der Waals surface area contributed by atoms with E-state index >= 15 is 0 Å². The SMILES string of the molecule is COCC(C)N(C)C(=O)N(CC(N)=O)CC(=O)O. The van der Waals surface area contributed by atoms with Crippen LogP contribution in [0, 0.1) is 0 Å². The highest BCUT2D eigenvalue weighted by molar-refractivity contribution is 5.85. The van der Waals surface area contributed by atoms with Gasteiger partial charge >= 0.3 is 12.0 Å². The van der Waals surface area contributed by atoms with E-state index in [2.05, 4.69) is 0 Å². The van der Waals surface area contributed by atoms with Crippen LogP contribution >= 0.6 is 0 Å². The summed E-state index contributed by atoms with van der Waals surface area (Å²) < 4.78 is 4.90. The summed E-state index contributed by atoms with van der Waals surface area (Å²) in [5.41, 5.74) is 4.97. The van der Waals surface area contributed by atoms with Crippen LogP contribution in [0.1, 0.15) is 6.92 Å². The lowest BCUT2D eigenvalue weighted by Gasteiger charge is -2.30. The summed E-state index contributed by atoms with van der Waals surface area (Å²) in [6.45, 7) is 1.03. The van der Waals surface area contributed by atoms with E-state index in [9.17, 15) is 14.4 Å². The molecule has 0 radical (unpaired) electrons. The van der Waals surface area contributed by atoms with Gasteiger partial charge in [0.1, 0.15) is 13.1 Å². The van der Waals surface area contributed by atoms with Crippen molar-refractivity contribution in [2.75, 3.05) is 33.9 Å². The number of methoxy groups -OCH3 is 1. The van der Waals surface area contributed by atoms with Gasteiger partial charge < -0.3 is 25.4 Å². The third-order valence-electron chi connectivity index (χ3n) is 2.31. The number of amides is 3. The lowest BCUT2D eigenvalue weighted by Crippen LogP contribution is -2.50. The minimum absolute atomic E-state index is 0.244. The third-order valence-corrected chi connectivity index (χ3v) is 2.31. The van der Waals surface area contributed by atoms with Gasteiger partial charge in [-0.3, -0.25) is 9.59 Å². The molecule has 0 aromatic rings. The Balaban J connectivity index is 4.71. The molecule has 1 unspecified atom stereocenters. The van der Waals surface area contributed by atoms with E-state index in [1.807, 2.05) is 0 Å². The molecule has 3 amide bonds. The van der Waals surface area contributed by atoms with Crippen LogP contribution in [-0.2, 0) is 14.3 Å². The Hall–Kier alpha value is -1.83. The molecule has 0 fully saturated rings. The third kappa shape index (κ3) is 5.48. The topological polar surface area (TPSA) is 113 Å². The fraction of sp³-hybridized carbons (Fsp3) is 0.700. The second-order valence-electron chi connectivity index (χ2n) is 3.91. The van der Waals surface area contributed by atoms with Crippen LogP contribution in [0.5, 0.6) is 0 Å². The number of aliphatic carboxylic acids is 1. The number of carbonyl (C=O) groups excluding carboxylic acids is 2. The van der Waals surface area contributed by atoms with E-state index < -0.39 is 31.0 Å². The Morgan fingerprint density at radius 3 is 2.28 bits per heavy atom. The second-order valence-corrected chi connectivity index (χ2v) is 3.91. The lowest BCUT2D eigenvalue weighted by atomic mass is 10.3. The number of nitrogens with zero attached hydrogens (tertiary/aromatic N) is 2. The second kappa shape index (κ2) is 7.49. The van der Waals surface area contributed by atoms with E-state index in [0.29, 0.717) is 6.61 Å². The molecule has 8 heteroatoms. The number of hydrogen-bond acceptors (Lipinski definition) is 4. The van der Waals surface area contributed by atoms with Crippen molar-refractivity contribution in [2.24, 2.45) is 5.73 Å². The molecule has 0 saturated heterocycles. The van der Waals surface area contributed by atoms with E-state index in [4.69, 9.17) is 15.6 Å². The van der Waals surface area contributed by atoms with Gasteiger partial charge in [-0.2, -0.15) is 0 Å². The Labute approximate surface area is 105 Å². The molecule has 0 aliphatic carbocycles. The first kappa shape index (κ1) is 16.2. The number of primary amides is 1. The highest BCUT2D eigenvalue weighted by Gasteiger charge is 2.24. The van der Waals surface area contributed by atoms with Crippen LogP contribution in [0.4, 0.5) is 4.79 Å². The predicted octanol–water partition coefficient (Wildman–Crippen LogP) is -1.05. The number of likely N-dealkylation sites (N-methyl/N-ethyl adjacent to an activating group) is 1. The van der Waals surface area contributed by atoms with Gasteiger partial charge in [0.25, 0.3) is 0 Å². The van der Waals surface area contributed by atoms with Crippen molar-refractivity contribution in [3.05, 3.63) is 0 Å². The van der Waals surface area contributed by atoms with Gasteiger partial charge in [-0.1, -0.05) is 0 Å². The predicted molar refractivity (Wildman–Crippen MR) is 62.9 cm³/mol. The Kier molecular flexibility index (Phi) is 6.73. The molecule has 104 valence electrons. The molecule has 0 rings (SSSR count). The van der Waals surface area contributed by atoms with Crippen molar-refractivity contribution in [3.63, 3.8) is 0 Å². The molecule has 18 heavy (non-hydrogen) atoms. The minimum Gasteiger partial charge on any atom is -0.480 e. The molecule has 3 N–H and O–H groups in total. The van der Waals surface area contributed by atoms with Gasteiger partial charge in [0.05, 0.1) is 12.6 Å². The van der Waals surface area contributed by atoms with Crippen molar-refractivity contribution in [1.29, 1.82) is 0 Å². The normalized spacial score (nSPS) is 11.7. The summed E-state index contributed by atoms with van der Waals surface area (Å²) in [5.74, 6) is -1.98. The minimum atomic E-state index is -1.21. The zero-order chi connectivity index (χ0) is 14.3. The summed E-state index contributed by atoms with van der Waals surface area (Å²) in [7, 11) is 3.00. The first-order chi connectivity index (χ1) is 8.29. The number of nitrogens with two attached hydrogens (primary N) is 1. The molecule has 0 aliphatic rings. The van der Waals surface area contributed by atoms with Gasteiger partial charge in [0.2, 0.25) is 5.91 Å². The van der Waals surface area contributed by atoms with Gasteiger partial charge in [-0.15, -0.1) is 0 Å². The van der Waals surface area contributed by atoms with Gasteiger partial charge in [-0.25, -0.2) is 4.79 Å². The number of ether oxygens (including phenoxy) is 1. The van der Waals surface area contributed by atoms with E-state index in [-0.39, 0.29) is 6.04 Å². The first-order valence-corrected chi connectivity index (χ1v) is 5.30. The summed E-state index contributed by atoms with van der Waals surface area (Å²) in [6.07, 6.45) is 0. The van der Waals surface area contributed by atoms with Gasteiger partial charge in [-0.05, 0) is 6.92 Å². The highest BCUT2D eigenvalue weighted by atomic mass is 16.5. The maximum Gasteiger partial charge on any atom is 0.323 e. The maximum absolute atomic E-state index is 12.0. The van der Waals surface area contributed by atoms with Crippen molar-refractivity contribution >= 4 is 17.9 Å². The smallest absolute Gasteiger partial charge is 0.323 e. The van der Waals surface area contributed by atoms with Crippen LogP contribution in [-0.4, -0.2) is 72.7 Å². The molecule has 0 saturated carbocycles. The zero-order valence-corrected chi connectivity index (χ0v) is 10.8. The van der Waals surface area contributed by atoms with Crippen LogP contribution in [0.2, 0.25) is 0 Å². The molecule has 0 aliphatic heterocycles. The lowest BCUT2D eigenvalue weighted by molar-refractivity contribution is -0.138. The largest absolute Gasteiger partial charge is 0.480 e. The van der Waals surface area contributed by atoms with Crippen molar-refractivity contribution < 1.29 is 24.2 Å². The zero-order valence-electron chi connectivity index (χ0n) is 10.8. The summed E-state index contributed by atoms with van der Waals surface area (Å²) in [5, 5.41) is 8.68. The van der Waals surface area contributed by atoms with Crippen LogP contribution in [0.25, 0.3) is 0 Å². The number of urea groups is 1. The average molecular weight is 261 g/mol. The number of carboxylic acids is 1. The molecular formula is C10H19N3O5. The molecule has 0 bridgehead atoms. The van der Waals surface area contributed by atoms with Gasteiger partial charge in [0.15, 0.2) is 0 Å². The number of rotatable bonds is 7. The van der Waals surface area contributed by atoms with Gasteiger partial charge in [0, 0.05) is 14.2 Å². The van der Waals surface area contributed by atoms with Crippen LogP contribution in [0.15, 0.2) is 0 Å². The van der Waals surface area contributed by atoms with Crippen molar-refractivity contribution in [2.45, 2.75) is 13.0 Å². The fourth-order valence-electron chi connectivity index (χ4n) is 1.31. The molecular weight excluding hydrogens is 242 g/mol. The number of carbonyl (C=O) groups is 3. The molecule has 0 spiro atoms. The molecule has 0 aromatic carbocycles. The summed E-state index contributed by atoms with van der Waals surface area (Å²) in [4.78, 5) is 35.6. The van der Waals surface area contributed by atoms with Crippen LogP contribution < -0.4 is 5.73 Å². The maximum atomic E-state index is 12.0.